The first-order valence-electron chi connectivity index (χ1n) is 4.56. The van der Waals surface area contributed by atoms with Crippen molar-refractivity contribution in [1.29, 1.82) is 0 Å². The fourth-order valence-electron chi connectivity index (χ4n) is 1.02. The smallest absolute Gasteiger partial charge is 0.226 e. The monoisotopic (exact) mass is 212 g/mol. The molecule has 0 atom stereocenters. The normalized spacial score (nSPS) is 11.4. The minimum atomic E-state index is -0.151. The summed E-state index contributed by atoms with van der Waals surface area (Å²) < 4.78 is 0. The number of nitrogens with one attached hydrogen (secondary N) is 2. The number of hydrogen-bond donors (Lipinski definition) is 2. The van der Waals surface area contributed by atoms with Gasteiger partial charge in [0.05, 0.1) is 5.00 Å². The van der Waals surface area contributed by atoms with E-state index in [2.05, 4.69) is 10.6 Å². The van der Waals surface area contributed by atoms with E-state index in [1.165, 1.54) is 11.3 Å². The van der Waals surface area contributed by atoms with Gasteiger partial charge < -0.3 is 10.6 Å². The molecule has 0 aliphatic rings. The van der Waals surface area contributed by atoms with Crippen LogP contribution in [0, 0.1) is 0 Å². The third-order valence-corrected chi connectivity index (χ3v) is 2.85. The molecule has 1 aromatic rings. The number of hydrogen-bond acceptors (Lipinski definition) is 3. The van der Waals surface area contributed by atoms with Crippen LogP contribution in [0.15, 0.2) is 17.5 Å². The van der Waals surface area contributed by atoms with E-state index in [0.717, 1.165) is 5.00 Å². The number of carbonyl (C=O) groups is 1. The van der Waals surface area contributed by atoms with Crippen molar-refractivity contribution in [1.82, 2.24) is 5.32 Å². The molecule has 0 fully saturated rings. The minimum absolute atomic E-state index is 0.0480. The van der Waals surface area contributed by atoms with Gasteiger partial charge in [0.1, 0.15) is 0 Å². The zero-order chi connectivity index (χ0) is 10.6. The van der Waals surface area contributed by atoms with Gasteiger partial charge in [0.2, 0.25) is 5.91 Å². The summed E-state index contributed by atoms with van der Waals surface area (Å²) in [5.74, 6) is 0.0480. The van der Waals surface area contributed by atoms with Gasteiger partial charge in [0.25, 0.3) is 0 Å². The Kier molecular flexibility index (Phi) is 3.66. The number of rotatable bonds is 4. The van der Waals surface area contributed by atoms with Crippen molar-refractivity contribution >= 4 is 22.2 Å². The average molecular weight is 212 g/mol. The molecule has 1 rings (SSSR count). The van der Waals surface area contributed by atoms with Crippen LogP contribution < -0.4 is 10.6 Å². The third kappa shape index (κ3) is 3.47. The lowest BCUT2D eigenvalue weighted by Gasteiger charge is -2.22. The summed E-state index contributed by atoms with van der Waals surface area (Å²) in [4.78, 5) is 11.5. The summed E-state index contributed by atoms with van der Waals surface area (Å²) in [6, 6.07) is 3.82. The Bertz CT molecular complexity index is 293. The van der Waals surface area contributed by atoms with E-state index in [0.29, 0.717) is 6.42 Å². The van der Waals surface area contributed by atoms with E-state index in [9.17, 15) is 4.79 Å². The van der Waals surface area contributed by atoms with Crippen molar-refractivity contribution in [3.63, 3.8) is 0 Å². The molecule has 0 aromatic carbocycles. The lowest BCUT2D eigenvalue weighted by Crippen LogP contribution is -2.39. The standard InChI is InChI=1S/C10H16N2OS/c1-10(2,11-3)7-8(13)12-9-5-4-6-14-9/h4-6,11H,7H2,1-3H3,(H,12,13). The van der Waals surface area contributed by atoms with E-state index in [4.69, 9.17) is 0 Å². The highest BCUT2D eigenvalue weighted by atomic mass is 32.1. The fourth-order valence-corrected chi connectivity index (χ4v) is 1.65. The zero-order valence-corrected chi connectivity index (χ0v) is 9.57. The molecule has 1 heterocycles. The van der Waals surface area contributed by atoms with E-state index < -0.39 is 0 Å². The van der Waals surface area contributed by atoms with Gasteiger partial charge in [-0.05, 0) is 38.4 Å². The zero-order valence-electron chi connectivity index (χ0n) is 8.76. The SMILES string of the molecule is CNC(C)(C)CC(=O)Nc1cccs1. The Morgan fingerprint density at radius 2 is 2.29 bits per heavy atom. The molecular weight excluding hydrogens is 196 g/mol. The molecule has 3 nitrogen and oxygen atoms in total. The lowest BCUT2D eigenvalue weighted by atomic mass is 10.0. The summed E-state index contributed by atoms with van der Waals surface area (Å²) in [6.07, 6.45) is 0.474. The van der Waals surface area contributed by atoms with Crippen LogP contribution in [0.2, 0.25) is 0 Å². The van der Waals surface area contributed by atoms with E-state index in [-0.39, 0.29) is 11.4 Å². The van der Waals surface area contributed by atoms with Gasteiger partial charge in [0.15, 0.2) is 0 Å². The molecule has 0 spiro atoms. The van der Waals surface area contributed by atoms with Crippen LogP contribution >= 0.6 is 11.3 Å². The van der Waals surface area contributed by atoms with Gasteiger partial charge in [-0.25, -0.2) is 0 Å². The van der Waals surface area contributed by atoms with Crippen molar-refractivity contribution in [2.45, 2.75) is 25.8 Å². The van der Waals surface area contributed by atoms with Gasteiger partial charge in [0, 0.05) is 12.0 Å². The average Bonchev–Trinajstić information content (AvgIpc) is 2.55. The van der Waals surface area contributed by atoms with Crippen LogP contribution in [-0.4, -0.2) is 18.5 Å². The molecule has 0 bridgehead atoms. The second-order valence-corrected chi connectivity index (χ2v) is 4.78. The van der Waals surface area contributed by atoms with Crippen molar-refractivity contribution in [3.05, 3.63) is 17.5 Å². The molecule has 0 unspecified atom stereocenters. The van der Waals surface area contributed by atoms with Crippen LogP contribution in [0.1, 0.15) is 20.3 Å². The molecule has 0 aliphatic carbocycles. The molecule has 1 amide bonds. The largest absolute Gasteiger partial charge is 0.318 e. The molecule has 14 heavy (non-hydrogen) atoms. The maximum absolute atomic E-state index is 11.5. The van der Waals surface area contributed by atoms with Crippen LogP contribution in [0.5, 0.6) is 0 Å². The first kappa shape index (κ1) is 11.2. The van der Waals surface area contributed by atoms with Crippen molar-refractivity contribution < 1.29 is 4.79 Å². The first-order chi connectivity index (χ1) is 6.53. The van der Waals surface area contributed by atoms with E-state index in [1.54, 1.807) is 0 Å². The molecule has 1 aromatic heterocycles. The lowest BCUT2D eigenvalue weighted by molar-refractivity contribution is -0.117. The number of thiophene rings is 1. The van der Waals surface area contributed by atoms with Gasteiger partial charge in [-0.15, -0.1) is 11.3 Å². The number of amides is 1. The highest BCUT2D eigenvalue weighted by Gasteiger charge is 2.19. The molecule has 0 saturated carbocycles. The topological polar surface area (TPSA) is 41.1 Å². The molecule has 0 saturated heterocycles. The van der Waals surface area contributed by atoms with Crippen LogP contribution in [0.3, 0.4) is 0 Å². The Morgan fingerprint density at radius 1 is 1.57 bits per heavy atom. The molecule has 2 N–H and O–H groups in total. The Labute approximate surface area is 88.5 Å². The van der Waals surface area contributed by atoms with Crippen LogP contribution in [0.4, 0.5) is 5.00 Å². The minimum Gasteiger partial charge on any atom is -0.318 e. The summed E-state index contributed by atoms with van der Waals surface area (Å²) in [6.45, 7) is 4.00. The Balaban J connectivity index is 2.44. The van der Waals surface area contributed by atoms with Crippen LogP contribution in [0.25, 0.3) is 0 Å². The number of anilines is 1. The fraction of sp³-hybridized carbons (Fsp3) is 0.500. The molecular formula is C10H16N2OS. The maximum Gasteiger partial charge on any atom is 0.226 e. The summed E-state index contributed by atoms with van der Waals surface area (Å²) in [7, 11) is 1.86. The van der Waals surface area contributed by atoms with E-state index in [1.807, 2.05) is 38.4 Å². The van der Waals surface area contributed by atoms with Crippen LogP contribution in [-0.2, 0) is 4.79 Å². The van der Waals surface area contributed by atoms with Gasteiger partial charge in [-0.2, -0.15) is 0 Å². The van der Waals surface area contributed by atoms with Crippen molar-refractivity contribution in [3.8, 4) is 0 Å². The Morgan fingerprint density at radius 3 is 2.79 bits per heavy atom. The predicted molar refractivity (Wildman–Crippen MR) is 60.7 cm³/mol. The number of carbonyl (C=O) groups excluding carboxylic acids is 1. The quantitative estimate of drug-likeness (QED) is 0.802. The Hall–Kier alpha value is -0.870. The molecule has 4 heteroatoms. The molecule has 0 aliphatic heterocycles. The van der Waals surface area contributed by atoms with Gasteiger partial charge in [-0.3, -0.25) is 4.79 Å². The van der Waals surface area contributed by atoms with E-state index >= 15 is 0 Å². The molecule has 78 valence electrons. The highest BCUT2D eigenvalue weighted by molar-refractivity contribution is 7.14. The first-order valence-corrected chi connectivity index (χ1v) is 5.44. The summed E-state index contributed by atoms with van der Waals surface area (Å²) in [5, 5.41) is 8.79. The predicted octanol–water partition coefficient (Wildman–Crippen LogP) is 2.07. The maximum atomic E-state index is 11.5. The second-order valence-electron chi connectivity index (χ2n) is 3.84. The van der Waals surface area contributed by atoms with Crippen molar-refractivity contribution in [2.24, 2.45) is 0 Å². The second kappa shape index (κ2) is 4.57. The van der Waals surface area contributed by atoms with Gasteiger partial charge >= 0.3 is 0 Å². The van der Waals surface area contributed by atoms with Crippen molar-refractivity contribution in [2.75, 3.05) is 12.4 Å². The highest BCUT2D eigenvalue weighted by Crippen LogP contribution is 2.16. The van der Waals surface area contributed by atoms with Gasteiger partial charge in [-0.1, -0.05) is 0 Å². The summed E-state index contributed by atoms with van der Waals surface area (Å²) >= 11 is 1.53. The summed E-state index contributed by atoms with van der Waals surface area (Å²) in [5.41, 5.74) is -0.151. The molecule has 0 radical (unpaired) electrons. The third-order valence-electron chi connectivity index (χ3n) is 2.06.